The Morgan fingerprint density at radius 3 is 0.897 bits per heavy atom. The summed E-state index contributed by atoms with van der Waals surface area (Å²) in [6, 6.07) is 0. The number of unbranched alkanes of at least 4 members (excludes halogenated alkanes) is 35. The molecule has 0 saturated heterocycles. The molecule has 6 heteroatoms. The maximum absolute atomic E-state index is 12.8. The van der Waals surface area contributed by atoms with Crippen LogP contribution in [-0.2, 0) is 28.6 Å². The summed E-state index contributed by atoms with van der Waals surface area (Å²) in [6.45, 7) is 6.51. The minimum absolute atomic E-state index is 0.0903. The Balaban J connectivity index is 4.33. The third-order valence-electron chi connectivity index (χ3n) is 13.1. The third-order valence-corrected chi connectivity index (χ3v) is 13.1. The first-order valence-electron chi connectivity index (χ1n) is 29.6. The largest absolute Gasteiger partial charge is 0.462 e. The highest BCUT2D eigenvalue weighted by molar-refractivity contribution is 5.71. The maximum Gasteiger partial charge on any atom is 0.306 e. The zero-order valence-electron chi connectivity index (χ0n) is 45.4. The van der Waals surface area contributed by atoms with Crippen LogP contribution >= 0.6 is 0 Å². The summed E-state index contributed by atoms with van der Waals surface area (Å²) in [5.74, 6) is -0.957. The SMILES string of the molecule is CC/C=C\C/C=C\C/C=C\C/C=C\CCC(=O)OCC(COC(=O)CCCCCCCCCCCCCCCCCCCCCCC)OC(=O)CCCCCCCCCCCCCCCCCC. The fraction of sp³-hybridized carbons (Fsp3) is 0.823. The van der Waals surface area contributed by atoms with Gasteiger partial charge in [-0.15, -0.1) is 0 Å². The van der Waals surface area contributed by atoms with E-state index < -0.39 is 6.10 Å². The van der Waals surface area contributed by atoms with Crippen LogP contribution in [0.1, 0.15) is 310 Å². The van der Waals surface area contributed by atoms with E-state index in [1.165, 1.54) is 199 Å². The van der Waals surface area contributed by atoms with Gasteiger partial charge in [-0.1, -0.05) is 294 Å². The van der Waals surface area contributed by atoms with Gasteiger partial charge in [-0.25, -0.2) is 0 Å². The van der Waals surface area contributed by atoms with Gasteiger partial charge in [0, 0.05) is 19.3 Å². The zero-order valence-corrected chi connectivity index (χ0v) is 45.4. The topological polar surface area (TPSA) is 78.9 Å². The van der Waals surface area contributed by atoms with E-state index in [-0.39, 0.29) is 37.5 Å². The highest BCUT2D eigenvalue weighted by Gasteiger charge is 2.19. The summed E-state index contributed by atoms with van der Waals surface area (Å²) in [7, 11) is 0. The second kappa shape index (κ2) is 57.0. The molecule has 396 valence electrons. The smallest absolute Gasteiger partial charge is 0.306 e. The van der Waals surface area contributed by atoms with Crippen molar-refractivity contribution in [2.24, 2.45) is 0 Å². The number of hydrogen-bond donors (Lipinski definition) is 0. The number of allylic oxidation sites excluding steroid dienone is 8. The molecule has 0 aromatic heterocycles. The van der Waals surface area contributed by atoms with Gasteiger partial charge in [0.25, 0.3) is 0 Å². The van der Waals surface area contributed by atoms with Crippen molar-refractivity contribution in [3.63, 3.8) is 0 Å². The average molecular weight is 954 g/mol. The lowest BCUT2D eigenvalue weighted by Crippen LogP contribution is -2.30. The summed E-state index contributed by atoms with van der Waals surface area (Å²) < 4.78 is 16.8. The molecule has 0 aliphatic rings. The van der Waals surface area contributed by atoms with Crippen molar-refractivity contribution in [1.29, 1.82) is 0 Å². The quantitative estimate of drug-likeness (QED) is 0.0262. The van der Waals surface area contributed by atoms with E-state index in [1.54, 1.807) is 0 Å². The molecular formula is C62H112O6. The first kappa shape index (κ1) is 65.4. The monoisotopic (exact) mass is 953 g/mol. The lowest BCUT2D eigenvalue weighted by Gasteiger charge is -2.18. The van der Waals surface area contributed by atoms with Crippen LogP contribution in [0.4, 0.5) is 0 Å². The molecule has 0 aromatic rings. The molecule has 0 rings (SSSR count). The summed E-state index contributed by atoms with van der Waals surface area (Å²) in [4.78, 5) is 38.1. The number of carbonyl (C=O) groups excluding carboxylic acids is 3. The Labute approximate surface area is 422 Å². The van der Waals surface area contributed by atoms with Crippen LogP contribution in [-0.4, -0.2) is 37.2 Å². The van der Waals surface area contributed by atoms with E-state index >= 15 is 0 Å². The van der Waals surface area contributed by atoms with Gasteiger partial charge in [0.1, 0.15) is 13.2 Å². The van der Waals surface area contributed by atoms with Gasteiger partial charge >= 0.3 is 17.9 Å². The Kier molecular flexibility index (Phi) is 54.8. The second-order valence-electron chi connectivity index (χ2n) is 19.9. The van der Waals surface area contributed by atoms with Crippen LogP contribution in [0.15, 0.2) is 48.6 Å². The molecule has 68 heavy (non-hydrogen) atoms. The van der Waals surface area contributed by atoms with E-state index in [1.807, 2.05) is 6.08 Å². The van der Waals surface area contributed by atoms with Crippen molar-refractivity contribution in [2.75, 3.05) is 13.2 Å². The van der Waals surface area contributed by atoms with Crippen molar-refractivity contribution in [3.05, 3.63) is 48.6 Å². The molecule has 0 aliphatic carbocycles. The third kappa shape index (κ3) is 54.3. The fourth-order valence-electron chi connectivity index (χ4n) is 8.69. The predicted octanol–water partition coefficient (Wildman–Crippen LogP) is 19.8. The number of esters is 3. The van der Waals surface area contributed by atoms with Crippen LogP contribution < -0.4 is 0 Å². The molecule has 0 amide bonds. The van der Waals surface area contributed by atoms with Gasteiger partial charge in [-0.05, 0) is 44.9 Å². The Morgan fingerprint density at radius 2 is 0.574 bits per heavy atom. The van der Waals surface area contributed by atoms with Gasteiger partial charge in [-0.3, -0.25) is 14.4 Å². The van der Waals surface area contributed by atoms with Gasteiger partial charge in [0.15, 0.2) is 6.10 Å². The first-order chi connectivity index (χ1) is 33.5. The molecule has 0 saturated carbocycles. The summed E-state index contributed by atoms with van der Waals surface area (Å²) in [6.07, 6.45) is 69.9. The lowest BCUT2D eigenvalue weighted by molar-refractivity contribution is -0.166. The Hall–Kier alpha value is -2.63. The molecular weight excluding hydrogens is 841 g/mol. The highest BCUT2D eigenvalue weighted by Crippen LogP contribution is 2.17. The Bertz CT molecular complexity index is 1190. The second-order valence-corrected chi connectivity index (χ2v) is 19.9. The van der Waals surface area contributed by atoms with Gasteiger partial charge in [0.2, 0.25) is 0 Å². The van der Waals surface area contributed by atoms with Gasteiger partial charge in [-0.2, -0.15) is 0 Å². The molecule has 0 aromatic carbocycles. The lowest BCUT2D eigenvalue weighted by atomic mass is 10.0. The van der Waals surface area contributed by atoms with Crippen molar-refractivity contribution in [2.45, 2.75) is 316 Å². The standard InChI is InChI=1S/C62H112O6/c1-4-7-10-13-16-19-22-25-27-29-30-31-32-33-35-37-40-43-46-49-52-55-61(64)67-58-59(57-66-60(63)54-51-48-45-42-39-36-24-21-18-15-12-9-6-3)68-62(65)56-53-50-47-44-41-38-34-28-26-23-20-17-14-11-8-5-2/h9,12,18,21,36,39,45,48,59H,4-8,10-11,13-17,19-20,22-35,37-38,40-44,46-47,49-58H2,1-3H3/b12-9-,21-18-,39-36-,48-45-. The van der Waals surface area contributed by atoms with E-state index in [0.29, 0.717) is 19.3 Å². The maximum atomic E-state index is 12.8. The number of hydrogen-bond acceptors (Lipinski definition) is 6. The molecule has 0 spiro atoms. The average Bonchev–Trinajstić information content (AvgIpc) is 3.34. The van der Waals surface area contributed by atoms with Crippen LogP contribution in [0.5, 0.6) is 0 Å². The van der Waals surface area contributed by atoms with Gasteiger partial charge in [0.05, 0.1) is 0 Å². The summed E-state index contributed by atoms with van der Waals surface area (Å²) in [5, 5.41) is 0. The zero-order chi connectivity index (χ0) is 49.3. The van der Waals surface area contributed by atoms with E-state index in [2.05, 4.69) is 63.3 Å². The molecule has 6 nitrogen and oxygen atoms in total. The summed E-state index contributed by atoms with van der Waals surface area (Å²) in [5.41, 5.74) is 0. The predicted molar refractivity (Wildman–Crippen MR) is 293 cm³/mol. The van der Waals surface area contributed by atoms with Crippen LogP contribution in [0.25, 0.3) is 0 Å². The summed E-state index contributed by atoms with van der Waals surface area (Å²) >= 11 is 0. The van der Waals surface area contributed by atoms with Crippen molar-refractivity contribution >= 4 is 17.9 Å². The van der Waals surface area contributed by atoms with Gasteiger partial charge < -0.3 is 14.2 Å². The molecule has 0 heterocycles. The molecule has 1 atom stereocenters. The first-order valence-corrected chi connectivity index (χ1v) is 29.6. The molecule has 0 fully saturated rings. The highest BCUT2D eigenvalue weighted by atomic mass is 16.6. The van der Waals surface area contributed by atoms with Crippen molar-refractivity contribution in [3.8, 4) is 0 Å². The number of carbonyl (C=O) groups is 3. The number of rotatable bonds is 54. The van der Waals surface area contributed by atoms with Crippen molar-refractivity contribution in [1.82, 2.24) is 0 Å². The molecule has 0 N–H and O–H groups in total. The normalized spacial score (nSPS) is 12.3. The van der Waals surface area contributed by atoms with Crippen LogP contribution in [0, 0.1) is 0 Å². The van der Waals surface area contributed by atoms with Crippen LogP contribution in [0.2, 0.25) is 0 Å². The molecule has 0 bridgehead atoms. The minimum atomic E-state index is -0.798. The number of ether oxygens (including phenoxy) is 3. The van der Waals surface area contributed by atoms with E-state index in [9.17, 15) is 14.4 Å². The van der Waals surface area contributed by atoms with E-state index in [0.717, 1.165) is 64.2 Å². The molecule has 0 radical (unpaired) electrons. The minimum Gasteiger partial charge on any atom is -0.462 e. The molecule has 0 aliphatic heterocycles. The fourth-order valence-corrected chi connectivity index (χ4v) is 8.69. The van der Waals surface area contributed by atoms with Crippen molar-refractivity contribution < 1.29 is 28.6 Å². The molecule has 1 unspecified atom stereocenters. The van der Waals surface area contributed by atoms with Crippen LogP contribution in [0.3, 0.4) is 0 Å². The van der Waals surface area contributed by atoms with E-state index in [4.69, 9.17) is 14.2 Å². The Morgan fingerprint density at radius 1 is 0.309 bits per heavy atom.